The minimum Gasteiger partial charge on any atom is -0.491 e. The Bertz CT molecular complexity index is 750. The van der Waals surface area contributed by atoms with Gasteiger partial charge in [0.2, 0.25) is 5.76 Å². The zero-order valence-electron chi connectivity index (χ0n) is 12.9. The number of allylic oxidation sites excluding steroid dienone is 1. The molecule has 6 heteroatoms. The second-order valence-corrected chi connectivity index (χ2v) is 6.82. The van der Waals surface area contributed by atoms with Crippen LogP contribution in [0.5, 0.6) is 0 Å². The van der Waals surface area contributed by atoms with Crippen molar-refractivity contribution >= 4 is 27.5 Å². The van der Waals surface area contributed by atoms with Gasteiger partial charge in [0.05, 0.1) is 16.3 Å². The highest BCUT2D eigenvalue weighted by Crippen LogP contribution is 2.37. The highest BCUT2D eigenvalue weighted by molar-refractivity contribution is 7.18. The number of carbonyl (C=O) groups is 1. The predicted molar refractivity (Wildman–Crippen MR) is 87.9 cm³/mol. The van der Waals surface area contributed by atoms with E-state index in [1.54, 1.807) is 18.3 Å². The molecule has 4 rings (SSSR count). The van der Waals surface area contributed by atoms with E-state index in [0.29, 0.717) is 24.7 Å². The number of aromatic nitrogens is 1. The maximum absolute atomic E-state index is 12.8. The van der Waals surface area contributed by atoms with Gasteiger partial charge < -0.3 is 14.4 Å². The summed E-state index contributed by atoms with van der Waals surface area (Å²) in [5.41, 5.74) is 0.999. The summed E-state index contributed by atoms with van der Waals surface area (Å²) in [5, 5.41) is 1.01. The van der Waals surface area contributed by atoms with Crippen molar-refractivity contribution < 1.29 is 14.3 Å². The molecule has 1 aromatic carbocycles. The number of ether oxygens (including phenoxy) is 2. The van der Waals surface area contributed by atoms with E-state index < -0.39 is 0 Å². The Morgan fingerprint density at radius 2 is 2.13 bits per heavy atom. The first-order valence-corrected chi connectivity index (χ1v) is 8.68. The number of thiazole rings is 1. The van der Waals surface area contributed by atoms with Crippen molar-refractivity contribution in [3.8, 4) is 0 Å². The lowest BCUT2D eigenvalue weighted by Crippen LogP contribution is -2.34. The van der Waals surface area contributed by atoms with Crippen molar-refractivity contribution in [1.82, 2.24) is 9.88 Å². The summed E-state index contributed by atoms with van der Waals surface area (Å²) in [6.07, 6.45) is 1.93. The van der Waals surface area contributed by atoms with Gasteiger partial charge in [-0.15, -0.1) is 11.3 Å². The van der Waals surface area contributed by atoms with Crippen LogP contribution < -0.4 is 0 Å². The second-order valence-electron chi connectivity index (χ2n) is 5.76. The number of fused-ring (bicyclic) bond motifs is 1. The molecule has 1 atom stereocenters. The Balaban J connectivity index is 1.65. The number of amides is 1. The number of para-hydroxylation sites is 1. The molecule has 0 spiro atoms. The van der Waals surface area contributed by atoms with Crippen LogP contribution in [0.25, 0.3) is 10.2 Å². The zero-order chi connectivity index (χ0) is 15.8. The minimum atomic E-state index is -0.0797. The highest BCUT2D eigenvalue weighted by atomic mass is 32.1. The van der Waals surface area contributed by atoms with Gasteiger partial charge in [0.15, 0.2) is 0 Å². The monoisotopic (exact) mass is 330 g/mol. The lowest BCUT2D eigenvalue weighted by atomic mass is 10.2. The van der Waals surface area contributed by atoms with E-state index in [1.807, 2.05) is 23.1 Å². The largest absolute Gasteiger partial charge is 0.491 e. The van der Waals surface area contributed by atoms with E-state index in [-0.39, 0.29) is 11.9 Å². The molecular weight excluding hydrogens is 312 g/mol. The number of hydrogen-bond acceptors (Lipinski definition) is 5. The normalized spacial score (nSPS) is 21.4. The topological polar surface area (TPSA) is 51.7 Å². The van der Waals surface area contributed by atoms with Gasteiger partial charge in [0, 0.05) is 6.54 Å². The quantitative estimate of drug-likeness (QED) is 0.848. The SMILES string of the molecule is CC1=C(C(=O)N2CCCC2c2nc3ccccc3s2)OCCO1. The number of nitrogens with zero attached hydrogens (tertiary/aromatic N) is 2. The minimum absolute atomic E-state index is 0.0331. The van der Waals surface area contributed by atoms with E-state index in [9.17, 15) is 4.79 Å². The predicted octanol–water partition coefficient (Wildman–Crippen LogP) is 3.24. The average molecular weight is 330 g/mol. The van der Waals surface area contributed by atoms with Crippen LogP contribution in [0.4, 0.5) is 0 Å². The van der Waals surface area contributed by atoms with E-state index in [1.165, 1.54) is 0 Å². The molecule has 1 fully saturated rings. The maximum atomic E-state index is 12.8. The van der Waals surface area contributed by atoms with Gasteiger partial charge in [-0.3, -0.25) is 4.79 Å². The molecule has 0 radical (unpaired) electrons. The smallest absolute Gasteiger partial charge is 0.293 e. The Kier molecular flexibility index (Phi) is 3.69. The molecule has 1 saturated heterocycles. The molecule has 1 aromatic heterocycles. The molecule has 0 aliphatic carbocycles. The van der Waals surface area contributed by atoms with Crippen LogP contribution in [-0.4, -0.2) is 35.5 Å². The molecule has 1 amide bonds. The lowest BCUT2D eigenvalue weighted by Gasteiger charge is -2.27. The molecule has 2 aliphatic rings. The summed E-state index contributed by atoms with van der Waals surface area (Å²) < 4.78 is 12.2. The van der Waals surface area contributed by atoms with Gasteiger partial charge in [-0.25, -0.2) is 4.98 Å². The summed E-state index contributed by atoms with van der Waals surface area (Å²) in [5.74, 6) is 0.851. The molecule has 120 valence electrons. The fourth-order valence-electron chi connectivity index (χ4n) is 3.15. The number of likely N-dealkylation sites (tertiary alicyclic amines) is 1. The van der Waals surface area contributed by atoms with Gasteiger partial charge in [-0.05, 0) is 31.9 Å². The molecule has 2 aromatic rings. The van der Waals surface area contributed by atoms with E-state index in [2.05, 4.69) is 6.07 Å². The summed E-state index contributed by atoms with van der Waals surface area (Å²) in [7, 11) is 0. The third-order valence-corrected chi connectivity index (χ3v) is 5.41. The molecular formula is C17H18N2O3S. The lowest BCUT2D eigenvalue weighted by molar-refractivity contribution is -0.133. The first-order chi connectivity index (χ1) is 11.2. The molecule has 0 N–H and O–H groups in total. The van der Waals surface area contributed by atoms with Crippen LogP contribution in [0.3, 0.4) is 0 Å². The molecule has 5 nitrogen and oxygen atoms in total. The van der Waals surface area contributed by atoms with Crippen LogP contribution >= 0.6 is 11.3 Å². The standard InChI is InChI=1S/C17H18N2O3S/c1-11-15(22-10-9-21-11)17(20)19-8-4-6-13(19)16-18-12-5-2-3-7-14(12)23-16/h2-3,5,7,13H,4,6,8-10H2,1H3. The summed E-state index contributed by atoms with van der Waals surface area (Å²) in [4.78, 5) is 19.5. The summed E-state index contributed by atoms with van der Waals surface area (Å²) >= 11 is 1.67. The molecule has 0 saturated carbocycles. The molecule has 2 aliphatic heterocycles. The Morgan fingerprint density at radius 3 is 2.96 bits per heavy atom. The van der Waals surface area contributed by atoms with Crippen molar-refractivity contribution in [2.75, 3.05) is 19.8 Å². The fraction of sp³-hybridized carbons (Fsp3) is 0.412. The fourth-order valence-corrected chi connectivity index (χ4v) is 4.26. The molecule has 1 unspecified atom stereocenters. The highest BCUT2D eigenvalue weighted by Gasteiger charge is 2.36. The van der Waals surface area contributed by atoms with Crippen LogP contribution in [0.2, 0.25) is 0 Å². The van der Waals surface area contributed by atoms with Crippen molar-refractivity contribution in [3.05, 3.63) is 40.8 Å². The van der Waals surface area contributed by atoms with Gasteiger partial charge >= 0.3 is 0 Å². The van der Waals surface area contributed by atoms with Crippen LogP contribution in [-0.2, 0) is 14.3 Å². The average Bonchev–Trinajstić information content (AvgIpc) is 3.21. The molecule has 3 heterocycles. The van der Waals surface area contributed by atoms with Gasteiger partial charge in [-0.2, -0.15) is 0 Å². The maximum Gasteiger partial charge on any atom is 0.293 e. The summed E-state index contributed by atoms with van der Waals surface area (Å²) in [6, 6.07) is 8.13. The van der Waals surface area contributed by atoms with E-state index in [4.69, 9.17) is 14.5 Å². The van der Waals surface area contributed by atoms with Gasteiger partial charge in [0.1, 0.15) is 24.0 Å². The molecule has 23 heavy (non-hydrogen) atoms. The number of rotatable bonds is 2. The van der Waals surface area contributed by atoms with Crippen LogP contribution in [0, 0.1) is 0 Å². The number of carbonyl (C=O) groups excluding carboxylic acids is 1. The van der Waals surface area contributed by atoms with E-state index in [0.717, 1.165) is 34.6 Å². The third kappa shape index (κ3) is 2.57. The van der Waals surface area contributed by atoms with Crippen molar-refractivity contribution in [1.29, 1.82) is 0 Å². The number of benzene rings is 1. The van der Waals surface area contributed by atoms with Crippen molar-refractivity contribution in [2.24, 2.45) is 0 Å². The van der Waals surface area contributed by atoms with Crippen molar-refractivity contribution in [3.63, 3.8) is 0 Å². The first-order valence-electron chi connectivity index (χ1n) is 7.87. The number of hydrogen-bond donors (Lipinski definition) is 0. The van der Waals surface area contributed by atoms with E-state index >= 15 is 0 Å². The first kappa shape index (κ1) is 14.5. The van der Waals surface area contributed by atoms with Crippen LogP contribution in [0.1, 0.15) is 30.8 Å². The van der Waals surface area contributed by atoms with Crippen molar-refractivity contribution in [2.45, 2.75) is 25.8 Å². The molecule has 0 bridgehead atoms. The Labute approximate surface area is 138 Å². The Morgan fingerprint density at radius 1 is 1.30 bits per heavy atom. The van der Waals surface area contributed by atoms with Gasteiger partial charge in [0.25, 0.3) is 5.91 Å². The summed E-state index contributed by atoms with van der Waals surface area (Å²) in [6.45, 7) is 3.46. The van der Waals surface area contributed by atoms with Crippen LogP contribution in [0.15, 0.2) is 35.8 Å². The third-order valence-electron chi connectivity index (χ3n) is 4.27. The Hall–Kier alpha value is -2.08. The second kappa shape index (κ2) is 5.85. The van der Waals surface area contributed by atoms with Gasteiger partial charge in [-0.1, -0.05) is 12.1 Å². The zero-order valence-corrected chi connectivity index (χ0v) is 13.8.